The minimum atomic E-state index is -1.14. The van der Waals surface area contributed by atoms with Gasteiger partial charge in [-0.3, -0.25) is 14.5 Å². The first-order valence-corrected chi connectivity index (χ1v) is 9.21. The summed E-state index contributed by atoms with van der Waals surface area (Å²) in [5.74, 6) is -2.75. The summed E-state index contributed by atoms with van der Waals surface area (Å²) in [4.78, 5) is 26.7. The van der Waals surface area contributed by atoms with Crippen LogP contribution in [0.25, 0.3) is 5.76 Å². The van der Waals surface area contributed by atoms with Gasteiger partial charge < -0.3 is 5.11 Å². The van der Waals surface area contributed by atoms with Crippen LogP contribution < -0.4 is 4.90 Å². The van der Waals surface area contributed by atoms with Crippen molar-refractivity contribution in [3.05, 3.63) is 82.1 Å². The van der Waals surface area contributed by atoms with E-state index in [0.29, 0.717) is 10.6 Å². The number of aromatic nitrogens is 2. The summed E-state index contributed by atoms with van der Waals surface area (Å²) >= 11 is 1.11. The van der Waals surface area contributed by atoms with Gasteiger partial charge >= 0.3 is 5.91 Å². The number of hydrogen-bond donors (Lipinski definition) is 1. The van der Waals surface area contributed by atoms with Gasteiger partial charge in [0.25, 0.3) is 5.78 Å². The second-order valence-electron chi connectivity index (χ2n) is 6.16. The molecule has 0 aliphatic carbocycles. The van der Waals surface area contributed by atoms with Gasteiger partial charge in [-0.1, -0.05) is 59.9 Å². The number of ketones is 1. The van der Waals surface area contributed by atoms with E-state index in [4.69, 9.17) is 0 Å². The van der Waals surface area contributed by atoms with Gasteiger partial charge in [0.05, 0.1) is 5.57 Å². The molecule has 1 aliphatic rings. The standard InChI is InChI=1S/C20H14FN3O3S/c1-11-22-23-20(28-11)24-16(13-9-5-6-10-14(13)21)15(18(26)19(24)27)17(25)12-7-3-2-4-8-12/h2-10,16,25H,1H3/t16-/m1/s1. The van der Waals surface area contributed by atoms with E-state index in [1.165, 1.54) is 18.2 Å². The molecule has 1 aromatic heterocycles. The number of carbonyl (C=O) groups is 2. The molecule has 28 heavy (non-hydrogen) atoms. The van der Waals surface area contributed by atoms with Crippen molar-refractivity contribution < 1.29 is 19.1 Å². The van der Waals surface area contributed by atoms with Gasteiger partial charge in [0, 0.05) is 11.1 Å². The van der Waals surface area contributed by atoms with Crippen LogP contribution in [0.3, 0.4) is 0 Å². The molecule has 1 N–H and O–H groups in total. The summed E-state index contributed by atoms with van der Waals surface area (Å²) in [6.07, 6.45) is 0. The third kappa shape index (κ3) is 2.87. The third-order valence-corrected chi connectivity index (χ3v) is 5.25. The molecule has 2 aromatic carbocycles. The summed E-state index contributed by atoms with van der Waals surface area (Å²) in [6.45, 7) is 1.71. The second kappa shape index (κ2) is 6.97. The average Bonchev–Trinajstić information content (AvgIpc) is 3.23. The number of aliphatic hydroxyl groups is 1. The van der Waals surface area contributed by atoms with Crippen molar-refractivity contribution in [2.45, 2.75) is 13.0 Å². The summed E-state index contributed by atoms with van der Waals surface area (Å²) in [5, 5.41) is 19.4. The topological polar surface area (TPSA) is 83.4 Å². The Morgan fingerprint density at radius 2 is 1.75 bits per heavy atom. The van der Waals surface area contributed by atoms with Gasteiger partial charge in [0.2, 0.25) is 5.13 Å². The van der Waals surface area contributed by atoms with E-state index in [-0.39, 0.29) is 22.0 Å². The summed E-state index contributed by atoms with van der Waals surface area (Å²) in [7, 11) is 0. The molecule has 0 spiro atoms. The number of anilines is 1. The first-order chi connectivity index (χ1) is 13.5. The number of Topliss-reactive ketones (excluding diaryl/α,β-unsaturated/α-hetero) is 1. The molecule has 0 radical (unpaired) electrons. The van der Waals surface area contributed by atoms with E-state index in [1.54, 1.807) is 43.3 Å². The highest BCUT2D eigenvalue weighted by atomic mass is 32.1. The lowest BCUT2D eigenvalue weighted by atomic mass is 9.95. The number of benzene rings is 2. The fourth-order valence-corrected chi connectivity index (χ4v) is 3.87. The van der Waals surface area contributed by atoms with Crippen LogP contribution in [0.15, 0.2) is 60.2 Å². The first kappa shape index (κ1) is 18.0. The van der Waals surface area contributed by atoms with Crippen LogP contribution >= 0.6 is 11.3 Å². The molecule has 0 bridgehead atoms. The molecule has 3 aromatic rings. The highest BCUT2D eigenvalue weighted by molar-refractivity contribution is 7.15. The van der Waals surface area contributed by atoms with Crippen molar-refractivity contribution in [1.29, 1.82) is 0 Å². The van der Waals surface area contributed by atoms with Gasteiger partial charge in [0.15, 0.2) is 0 Å². The minimum absolute atomic E-state index is 0.0898. The number of aryl methyl sites for hydroxylation is 1. The predicted octanol–water partition coefficient (Wildman–Crippen LogP) is 3.61. The molecule has 0 saturated carbocycles. The van der Waals surface area contributed by atoms with Crippen molar-refractivity contribution in [1.82, 2.24) is 10.2 Å². The van der Waals surface area contributed by atoms with Crippen LogP contribution in [0, 0.1) is 12.7 Å². The quantitative estimate of drug-likeness (QED) is 0.416. The van der Waals surface area contributed by atoms with Crippen LogP contribution in [-0.4, -0.2) is 27.0 Å². The number of amides is 1. The highest BCUT2D eigenvalue weighted by Gasteiger charge is 2.49. The van der Waals surface area contributed by atoms with Crippen LogP contribution in [-0.2, 0) is 9.59 Å². The third-order valence-electron chi connectivity index (χ3n) is 4.41. The molecule has 1 atom stereocenters. The minimum Gasteiger partial charge on any atom is -0.507 e. The summed E-state index contributed by atoms with van der Waals surface area (Å²) < 4.78 is 14.6. The first-order valence-electron chi connectivity index (χ1n) is 8.40. The Labute approximate surface area is 163 Å². The fraction of sp³-hybridized carbons (Fsp3) is 0.100. The van der Waals surface area contributed by atoms with Crippen molar-refractivity contribution in [2.24, 2.45) is 0 Å². The van der Waals surface area contributed by atoms with E-state index < -0.39 is 23.5 Å². The maximum absolute atomic E-state index is 14.6. The van der Waals surface area contributed by atoms with Crippen molar-refractivity contribution >= 4 is 33.9 Å². The molecule has 1 aliphatic heterocycles. The smallest absolute Gasteiger partial charge is 0.301 e. The van der Waals surface area contributed by atoms with Crippen LogP contribution in [0.5, 0.6) is 0 Å². The number of nitrogens with zero attached hydrogens (tertiary/aromatic N) is 3. The zero-order chi connectivity index (χ0) is 19.8. The molecule has 4 rings (SSSR count). The molecule has 6 nitrogen and oxygen atoms in total. The summed E-state index contributed by atoms with van der Waals surface area (Å²) in [5.41, 5.74) is 0.261. The van der Waals surface area contributed by atoms with Gasteiger partial charge in [-0.15, -0.1) is 10.2 Å². The fourth-order valence-electron chi connectivity index (χ4n) is 3.16. The molecular weight excluding hydrogens is 381 g/mol. The van der Waals surface area contributed by atoms with E-state index >= 15 is 0 Å². The number of halogens is 1. The van der Waals surface area contributed by atoms with Gasteiger partial charge in [-0.25, -0.2) is 4.39 Å². The number of carbonyl (C=O) groups excluding carboxylic acids is 2. The normalized spacial score (nSPS) is 18.6. The molecule has 8 heteroatoms. The van der Waals surface area contributed by atoms with E-state index in [1.807, 2.05) is 0 Å². The van der Waals surface area contributed by atoms with Crippen molar-refractivity contribution in [3.8, 4) is 0 Å². The Morgan fingerprint density at radius 3 is 2.39 bits per heavy atom. The lowest BCUT2D eigenvalue weighted by molar-refractivity contribution is -0.132. The SMILES string of the molecule is Cc1nnc(N2C(=O)C(=O)C(=C(O)c3ccccc3)[C@H]2c2ccccc2F)s1. The molecular formula is C20H14FN3O3S. The van der Waals surface area contributed by atoms with Gasteiger partial charge in [-0.05, 0) is 13.0 Å². The molecule has 140 valence electrons. The highest BCUT2D eigenvalue weighted by Crippen LogP contribution is 2.43. The molecule has 2 heterocycles. The Kier molecular flexibility index (Phi) is 4.48. The van der Waals surface area contributed by atoms with E-state index in [0.717, 1.165) is 16.2 Å². The Morgan fingerprint density at radius 1 is 1.07 bits per heavy atom. The molecule has 1 amide bonds. The molecule has 0 unspecified atom stereocenters. The average molecular weight is 395 g/mol. The van der Waals surface area contributed by atoms with E-state index in [2.05, 4.69) is 10.2 Å². The number of rotatable bonds is 3. The number of aliphatic hydroxyl groups excluding tert-OH is 1. The molecule has 1 saturated heterocycles. The monoisotopic (exact) mass is 395 g/mol. The van der Waals surface area contributed by atoms with Gasteiger partial charge in [-0.2, -0.15) is 0 Å². The zero-order valence-electron chi connectivity index (χ0n) is 14.7. The summed E-state index contributed by atoms with van der Waals surface area (Å²) in [6, 6.07) is 13.0. The van der Waals surface area contributed by atoms with Crippen molar-refractivity contribution in [2.75, 3.05) is 4.90 Å². The Bertz CT molecular complexity index is 1110. The maximum Gasteiger partial charge on any atom is 0.301 e. The van der Waals surface area contributed by atoms with Crippen LogP contribution in [0.1, 0.15) is 22.2 Å². The lowest BCUT2D eigenvalue weighted by Crippen LogP contribution is -2.29. The zero-order valence-corrected chi connectivity index (χ0v) is 15.5. The van der Waals surface area contributed by atoms with Crippen LogP contribution in [0.2, 0.25) is 0 Å². The molecule has 1 fully saturated rings. The number of hydrogen-bond acceptors (Lipinski definition) is 6. The largest absolute Gasteiger partial charge is 0.507 e. The Balaban J connectivity index is 1.98. The Hall–Kier alpha value is -3.39. The van der Waals surface area contributed by atoms with Gasteiger partial charge in [0.1, 0.15) is 22.6 Å². The van der Waals surface area contributed by atoms with Crippen LogP contribution in [0.4, 0.5) is 9.52 Å². The second-order valence-corrected chi connectivity index (χ2v) is 7.32. The van der Waals surface area contributed by atoms with Crippen molar-refractivity contribution in [3.63, 3.8) is 0 Å². The lowest BCUT2D eigenvalue weighted by Gasteiger charge is -2.22. The predicted molar refractivity (Wildman–Crippen MR) is 102 cm³/mol. The van der Waals surface area contributed by atoms with E-state index in [9.17, 15) is 19.1 Å². The maximum atomic E-state index is 14.6.